The Hall–Kier alpha value is -2.76. The third-order valence-electron chi connectivity index (χ3n) is 3.58. The summed E-state index contributed by atoms with van der Waals surface area (Å²) in [5, 5.41) is 17.1. The van der Waals surface area contributed by atoms with Crippen LogP contribution in [0.5, 0.6) is 0 Å². The molecular formula is C15H17N5O. The molecule has 0 aliphatic carbocycles. The quantitative estimate of drug-likeness (QED) is 0.331. The second kappa shape index (κ2) is 5.32. The summed E-state index contributed by atoms with van der Waals surface area (Å²) in [6.45, 7) is 0.856. The third-order valence-corrected chi connectivity index (χ3v) is 3.58. The summed E-state index contributed by atoms with van der Waals surface area (Å²) in [5.74, 6) is 0.122. The predicted molar refractivity (Wildman–Crippen MR) is 81.4 cm³/mol. The highest BCUT2D eigenvalue weighted by atomic mass is 16.4. The predicted octanol–water partition coefficient (Wildman–Crippen LogP) is 1.71. The number of nitrogens with two attached hydrogens (primary N) is 1. The van der Waals surface area contributed by atoms with Gasteiger partial charge in [0, 0.05) is 37.1 Å². The van der Waals surface area contributed by atoms with Gasteiger partial charge in [0.25, 0.3) is 0 Å². The topological polar surface area (TPSA) is 81.4 Å². The van der Waals surface area contributed by atoms with E-state index in [1.165, 1.54) is 5.56 Å². The van der Waals surface area contributed by atoms with Crippen LogP contribution < -0.4 is 5.73 Å². The molecule has 3 aromatic rings. The van der Waals surface area contributed by atoms with Gasteiger partial charge in [-0.25, -0.2) is 0 Å². The number of amidine groups is 1. The number of benzene rings is 1. The van der Waals surface area contributed by atoms with Crippen LogP contribution in [-0.4, -0.2) is 25.4 Å². The zero-order valence-electron chi connectivity index (χ0n) is 11.8. The van der Waals surface area contributed by atoms with Gasteiger partial charge in [-0.05, 0) is 29.5 Å². The largest absolute Gasteiger partial charge is 0.409 e. The number of nitrogens with zero attached hydrogens (tertiary/aromatic N) is 4. The van der Waals surface area contributed by atoms with E-state index < -0.39 is 0 Å². The highest BCUT2D eigenvalue weighted by Crippen LogP contribution is 2.18. The van der Waals surface area contributed by atoms with Crippen molar-refractivity contribution in [3.8, 4) is 0 Å². The molecule has 3 N–H and O–H groups in total. The molecule has 0 amide bonds. The average molecular weight is 283 g/mol. The summed E-state index contributed by atoms with van der Waals surface area (Å²) in [6.07, 6.45) is 6.86. The van der Waals surface area contributed by atoms with Gasteiger partial charge in [0.05, 0.1) is 6.20 Å². The fourth-order valence-electron chi connectivity index (χ4n) is 2.45. The van der Waals surface area contributed by atoms with Crippen LogP contribution in [0.25, 0.3) is 10.9 Å². The minimum atomic E-state index is 0.122. The Morgan fingerprint density at radius 1 is 1.38 bits per heavy atom. The maximum Gasteiger partial charge on any atom is 0.170 e. The fraction of sp³-hybridized carbons (Fsp3) is 0.200. The van der Waals surface area contributed by atoms with E-state index in [9.17, 15) is 0 Å². The molecule has 0 saturated heterocycles. The highest BCUT2D eigenvalue weighted by Gasteiger charge is 2.06. The first-order valence-electron chi connectivity index (χ1n) is 6.71. The molecule has 0 saturated carbocycles. The number of rotatable bonds is 4. The van der Waals surface area contributed by atoms with Crippen molar-refractivity contribution in [2.45, 2.75) is 13.0 Å². The zero-order chi connectivity index (χ0) is 14.8. The van der Waals surface area contributed by atoms with E-state index in [1.54, 1.807) is 4.68 Å². The minimum Gasteiger partial charge on any atom is -0.409 e. The first-order chi connectivity index (χ1) is 10.2. The van der Waals surface area contributed by atoms with Crippen LogP contribution in [0.2, 0.25) is 0 Å². The maximum absolute atomic E-state index is 8.78. The first-order valence-corrected chi connectivity index (χ1v) is 6.71. The summed E-state index contributed by atoms with van der Waals surface area (Å²) in [6, 6.07) is 7.83. The summed E-state index contributed by atoms with van der Waals surface area (Å²) in [7, 11) is 1.91. The van der Waals surface area contributed by atoms with Crippen LogP contribution in [-0.2, 0) is 20.0 Å². The molecule has 6 heteroatoms. The average Bonchev–Trinajstić information content (AvgIpc) is 3.09. The van der Waals surface area contributed by atoms with Gasteiger partial charge in [0.15, 0.2) is 5.84 Å². The van der Waals surface area contributed by atoms with E-state index in [-0.39, 0.29) is 5.84 Å². The van der Waals surface area contributed by atoms with Crippen molar-refractivity contribution in [3.63, 3.8) is 0 Å². The molecule has 21 heavy (non-hydrogen) atoms. The van der Waals surface area contributed by atoms with Gasteiger partial charge in [-0.15, -0.1) is 0 Å². The van der Waals surface area contributed by atoms with Gasteiger partial charge < -0.3 is 15.5 Å². The summed E-state index contributed by atoms with van der Waals surface area (Å²) < 4.78 is 3.97. The molecule has 0 bridgehead atoms. The molecule has 1 aromatic carbocycles. The molecule has 0 aliphatic heterocycles. The lowest BCUT2D eigenvalue weighted by atomic mass is 10.1. The molecule has 108 valence electrons. The van der Waals surface area contributed by atoms with Gasteiger partial charge in [0.1, 0.15) is 0 Å². The Kier molecular flexibility index (Phi) is 3.35. The van der Waals surface area contributed by atoms with Crippen molar-refractivity contribution in [1.82, 2.24) is 14.3 Å². The Bertz CT molecular complexity index is 799. The highest BCUT2D eigenvalue weighted by molar-refractivity contribution is 6.00. The smallest absolute Gasteiger partial charge is 0.170 e. The maximum atomic E-state index is 8.78. The van der Waals surface area contributed by atoms with Crippen LogP contribution in [0.3, 0.4) is 0 Å². The Balaban J connectivity index is 1.88. The van der Waals surface area contributed by atoms with Crippen molar-refractivity contribution in [2.24, 2.45) is 17.9 Å². The molecule has 0 radical (unpaired) electrons. The Labute approximate surface area is 122 Å². The summed E-state index contributed by atoms with van der Waals surface area (Å²) in [4.78, 5) is 0. The number of hydrogen-bond donors (Lipinski definition) is 2. The number of aryl methyl sites for hydroxylation is 3. The van der Waals surface area contributed by atoms with Crippen molar-refractivity contribution < 1.29 is 5.21 Å². The second-order valence-electron chi connectivity index (χ2n) is 5.04. The standard InChI is InChI=1S/C15H17N5O/c1-19-10-11(9-17-19)4-6-20-7-5-12-2-3-13(8-14(12)20)15(16)18-21/h2-3,5,7-10,21H,4,6H2,1H3,(H2,16,18). The summed E-state index contributed by atoms with van der Waals surface area (Å²) in [5.41, 5.74) is 8.64. The van der Waals surface area contributed by atoms with E-state index in [4.69, 9.17) is 10.9 Å². The molecule has 2 heterocycles. The summed E-state index contributed by atoms with van der Waals surface area (Å²) >= 11 is 0. The molecule has 0 atom stereocenters. The van der Waals surface area contributed by atoms with E-state index in [1.807, 2.05) is 37.6 Å². The fourth-order valence-corrected chi connectivity index (χ4v) is 2.45. The Morgan fingerprint density at radius 3 is 2.95 bits per heavy atom. The molecule has 0 unspecified atom stereocenters. The van der Waals surface area contributed by atoms with E-state index in [0.717, 1.165) is 23.9 Å². The molecule has 3 rings (SSSR count). The molecule has 0 fully saturated rings. The second-order valence-corrected chi connectivity index (χ2v) is 5.04. The molecule has 2 aromatic heterocycles. The lowest BCUT2D eigenvalue weighted by Crippen LogP contribution is -2.13. The lowest BCUT2D eigenvalue weighted by Gasteiger charge is -2.06. The molecule has 6 nitrogen and oxygen atoms in total. The first kappa shape index (κ1) is 13.2. The van der Waals surface area contributed by atoms with E-state index in [2.05, 4.69) is 27.1 Å². The monoisotopic (exact) mass is 283 g/mol. The normalized spacial score (nSPS) is 12.1. The zero-order valence-corrected chi connectivity index (χ0v) is 11.8. The molecule has 0 aliphatic rings. The molecule has 0 spiro atoms. The van der Waals surface area contributed by atoms with Crippen LogP contribution in [0.4, 0.5) is 0 Å². The Morgan fingerprint density at radius 2 is 2.24 bits per heavy atom. The van der Waals surface area contributed by atoms with Crippen molar-refractivity contribution >= 4 is 16.7 Å². The van der Waals surface area contributed by atoms with Gasteiger partial charge >= 0.3 is 0 Å². The SMILES string of the molecule is Cn1cc(CCn2ccc3ccc(/C(N)=N/O)cc32)cn1. The number of oxime groups is 1. The van der Waals surface area contributed by atoms with Crippen LogP contribution in [0.1, 0.15) is 11.1 Å². The van der Waals surface area contributed by atoms with Crippen LogP contribution >= 0.6 is 0 Å². The van der Waals surface area contributed by atoms with Crippen molar-refractivity contribution in [2.75, 3.05) is 0 Å². The van der Waals surface area contributed by atoms with Gasteiger partial charge in [-0.3, -0.25) is 4.68 Å². The third kappa shape index (κ3) is 2.60. The number of fused-ring (bicyclic) bond motifs is 1. The van der Waals surface area contributed by atoms with Crippen LogP contribution in [0.15, 0.2) is 48.0 Å². The minimum absolute atomic E-state index is 0.122. The van der Waals surface area contributed by atoms with E-state index >= 15 is 0 Å². The van der Waals surface area contributed by atoms with Gasteiger partial charge in [-0.1, -0.05) is 17.3 Å². The van der Waals surface area contributed by atoms with Gasteiger partial charge in [-0.2, -0.15) is 5.10 Å². The number of hydrogen-bond acceptors (Lipinski definition) is 3. The lowest BCUT2D eigenvalue weighted by molar-refractivity contribution is 0.318. The van der Waals surface area contributed by atoms with Crippen molar-refractivity contribution in [1.29, 1.82) is 0 Å². The van der Waals surface area contributed by atoms with Crippen molar-refractivity contribution in [3.05, 3.63) is 54.0 Å². The van der Waals surface area contributed by atoms with Gasteiger partial charge in [0.2, 0.25) is 0 Å². The van der Waals surface area contributed by atoms with E-state index in [0.29, 0.717) is 5.56 Å². The number of aromatic nitrogens is 3. The molecular weight excluding hydrogens is 266 g/mol. The van der Waals surface area contributed by atoms with Crippen LogP contribution in [0, 0.1) is 0 Å².